The summed E-state index contributed by atoms with van der Waals surface area (Å²) in [7, 11) is 4.11. The third-order valence-corrected chi connectivity index (χ3v) is 6.11. The molecule has 0 aromatic carbocycles. The van der Waals surface area contributed by atoms with Gasteiger partial charge >= 0.3 is 0 Å². The van der Waals surface area contributed by atoms with Crippen LogP contribution in [0, 0.1) is 11.8 Å². The lowest BCUT2D eigenvalue weighted by Crippen LogP contribution is -2.55. The molecule has 0 aromatic heterocycles. The van der Waals surface area contributed by atoms with Crippen LogP contribution in [0.1, 0.15) is 77.6 Å². The quantitative estimate of drug-likeness (QED) is 0.748. The van der Waals surface area contributed by atoms with Crippen molar-refractivity contribution in [1.82, 2.24) is 5.32 Å². The second-order valence-electron chi connectivity index (χ2n) is 7.15. The fourth-order valence-electron chi connectivity index (χ4n) is 4.90. The van der Waals surface area contributed by atoms with Gasteiger partial charge in [-0.25, -0.2) is 0 Å². The predicted octanol–water partition coefficient (Wildman–Crippen LogP) is 4.53. The van der Waals surface area contributed by atoms with E-state index in [-0.39, 0.29) is 5.60 Å². The second kappa shape index (κ2) is 7.79. The highest BCUT2D eigenvalue weighted by atomic mass is 16.5. The normalized spacial score (nSPS) is 32.5. The predicted molar refractivity (Wildman–Crippen MR) is 86.0 cm³/mol. The summed E-state index contributed by atoms with van der Waals surface area (Å²) in [6.45, 7) is 2.36. The number of methoxy groups -OCH3 is 1. The minimum Gasteiger partial charge on any atom is -0.377 e. The van der Waals surface area contributed by atoms with Gasteiger partial charge in [-0.2, -0.15) is 0 Å². The summed E-state index contributed by atoms with van der Waals surface area (Å²) in [4.78, 5) is 0. The fourth-order valence-corrected chi connectivity index (χ4v) is 4.90. The maximum atomic E-state index is 6.17. The molecule has 2 aliphatic carbocycles. The van der Waals surface area contributed by atoms with E-state index >= 15 is 0 Å². The highest BCUT2D eigenvalue weighted by Gasteiger charge is 2.43. The SMILES string of the molecule is CCC1CCCC(C(NC)C2(OC)CCCCCC2)C1. The van der Waals surface area contributed by atoms with Gasteiger partial charge in [0.2, 0.25) is 0 Å². The average Bonchev–Trinajstić information content (AvgIpc) is 2.75. The van der Waals surface area contributed by atoms with E-state index in [0.29, 0.717) is 6.04 Å². The van der Waals surface area contributed by atoms with Gasteiger partial charge in [-0.15, -0.1) is 0 Å². The van der Waals surface area contributed by atoms with Gasteiger partial charge in [0.15, 0.2) is 0 Å². The zero-order valence-electron chi connectivity index (χ0n) is 13.9. The van der Waals surface area contributed by atoms with E-state index in [4.69, 9.17) is 4.74 Å². The van der Waals surface area contributed by atoms with Gasteiger partial charge in [-0.3, -0.25) is 0 Å². The van der Waals surface area contributed by atoms with Crippen LogP contribution in [0.15, 0.2) is 0 Å². The zero-order chi connectivity index (χ0) is 14.4. The van der Waals surface area contributed by atoms with Crippen molar-refractivity contribution >= 4 is 0 Å². The maximum Gasteiger partial charge on any atom is 0.0833 e. The molecule has 0 aliphatic heterocycles. The van der Waals surface area contributed by atoms with Gasteiger partial charge in [-0.05, 0) is 44.6 Å². The number of likely N-dealkylation sites (N-methyl/N-ethyl adjacent to an activating group) is 1. The van der Waals surface area contributed by atoms with Crippen LogP contribution < -0.4 is 5.32 Å². The molecule has 20 heavy (non-hydrogen) atoms. The molecule has 2 fully saturated rings. The van der Waals surface area contributed by atoms with E-state index in [9.17, 15) is 0 Å². The summed E-state index contributed by atoms with van der Waals surface area (Å²) < 4.78 is 6.17. The van der Waals surface area contributed by atoms with Crippen LogP contribution in [0.5, 0.6) is 0 Å². The number of rotatable bonds is 5. The van der Waals surface area contributed by atoms with Crippen molar-refractivity contribution in [3.63, 3.8) is 0 Å². The van der Waals surface area contributed by atoms with Crippen molar-refractivity contribution in [2.24, 2.45) is 11.8 Å². The Morgan fingerprint density at radius 3 is 2.35 bits per heavy atom. The van der Waals surface area contributed by atoms with Crippen LogP contribution in [0.25, 0.3) is 0 Å². The molecule has 2 aliphatic rings. The number of nitrogens with one attached hydrogen (secondary N) is 1. The van der Waals surface area contributed by atoms with Gasteiger partial charge in [0, 0.05) is 13.2 Å². The summed E-state index contributed by atoms with van der Waals surface area (Å²) in [5.41, 5.74) is 0.103. The molecular weight excluding hydrogens is 246 g/mol. The van der Waals surface area contributed by atoms with Crippen molar-refractivity contribution in [3.8, 4) is 0 Å². The van der Waals surface area contributed by atoms with Crippen LogP contribution in [-0.2, 0) is 4.74 Å². The van der Waals surface area contributed by atoms with Crippen LogP contribution in [0.3, 0.4) is 0 Å². The molecule has 0 amide bonds. The Bertz CT molecular complexity index is 271. The third kappa shape index (κ3) is 3.57. The Morgan fingerprint density at radius 1 is 1.10 bits per heavy atom. The molecule has 2 rings (SSSR count). The van der Waals surface area contributed by atoms with E-state index in [1.807, 2.05) is 7.11 Å². The number of hydrogen-bond donors (Lipinski definition) is 1. The summed E-state index contributed by atoms with van der Waals surface area (Å²) >= 11 is 0. The van der Waals surface area contributed by atoms with Gasteiger partial charge in [0.25, 0.3) is 0 Å². The van der Waals surface area contributed by atoms with Gasteiger partial charge < -0.3 is 10.1 Å². The Labute approximate surface area is 126 Å². The maximum absolute atomic E-state index is 6.17. The molecule has 1 N–H and O–H groups in total. The third-order valence-electron chi connectivity index (χ3n) is 6.11. The summed E-state index contributed by atoms with van der Waals surface area (Å²) in [6.07, 6.45) is 15.0. The first-order chi connectivity index (χ1) is 9.75. The Balaban J connectivity index is 2.11. The summed E-state index contributed by atoms with van der Waals surface area (Å²) in [5, 5.41) is 3.68. The lowest BCUT2D eigenvalue weighted by molar-refractivity contribution is -0.0724. The van der Waals surface area contributed by atoms with Crippen LogP contribution >= 0.6 is 0 Å². The topological polar surface area (TPSA) is 21.3 Å². The molecular formula is C18H35NO. The lowest BCUT2D eigenvalue weighted by atomic mass is 9.70. The molecule has 3 atom stereocenters. The molecule has 0 radical (unpaired) electrons. The highest BCUT2D eigenvalue weighted by molar-refractivity contribution is 4.98. The monoisotopic (exact) mass is 281 g/mol. The first-order valence-electron chi connectivity index (χ1n) is 8.98. The average molecular weight is 281 g/mol. The lowest BCUT2D eigenvalue weighted by Gasteiger charge is -2.45. The van der Waals surface area contributed by atoms with Crippen molar-refractivity contribution in [2.75, 3.05) is 14.2 Å². The van der Waals surface area contributed by atoms with Crippen molar-refractivity contribution in [2.45, 2.75) is 89.2 Å². The van der Waals surface area contributed by atoms with E-state index in [1.54, 1.807) is 0 Å². The second-order valence-corrected chi connectivity index (χ2v) is 7.15. The van der Waals surface area contributed by atoms with Crippen LogP contribution in [0.2, 0.25) is 0 Å². The highest BCUT2D eigenvalue weighted by Crippen LogP contribution is 2.41. The number of ether oxygens (including phenoxy) is 1. The molecule has 2 saturated carbocycles. The van der Waals surface area contributed by atoms with E-state index in [2.05, 4.69) is 19.3 Å². The largest absolute Gasteiger partial charge is 0.377 e. The molecule has 0 aromatic rings. The molecule has 2 heteroatoms. The van der Waals surface area contributed by atoms with Gasteiger partial charge in [0.05, 0.1) is 5.60 Å². The molecule has 3 unspecified atom stereocenters. The minimum atomic E-state index is 0.103. The smallest absolute Gasteiger partial charge is 0.0833 e. The summed E-state index contributed by atoms with van der Waals surface area (Å²) in [6, 6.07) is 0.556. The van der Waals surface area contributed by atoms with Crippen LogP contribution in [-0.4, -0.2) is 25.8 Å². The Kier molecular flexibility index (Phi) is 6.35. The van der Waals surface area contributed by atoms with E-state index in [1.165, 1.54) is 70.6 Å². The molecule has 0 heterocycles. The van der Waals surface area contributed by atoms with Crippen LogP contribution in [0.4, 0.5) is 0 Å². The molecule has 118 valence electrons. The van der Waals surface area contributed by atoms with Crippen molar-refractivity contribution < 1.29 is 4.74 Å². The van der Waals surface area contributed by atoms with E-state index < -0.39 is 0 Å². The number of hydrogen-bond acceptors (Lipinski definition) is 2. The van der Waals surface area contributed by atoms with Crippen molar-refractivity contribution in [1.29, 1.82) is 0 Å². The molecule has 0 bridgehead atoms. The zero-order valence-corrected chi connectivity index (χ0v) is 13.9. The fraction of sp³-hybridized carbons (Fsp3) is 1.00. The van der Waals surface area contributed by atoms with Gasteiger partial charge in [-0.1, -0.05) is 51.9 Å². The molecule has 0 spiro atoms. The minimum absolute atomic E-state index is 0.103. The first kappa shape index (κ1) is 16.3. The van der Waals surface area contributed by atoms with Crippen molar-refractivity contribution in [3.05, 3.63) is 0 Å². The standard InChI is InChI=1S/C18H35NO/c1-4-15-10-9-11-16(14-15)17(19-2)18(20-3)12-7-5-6-8-13-18/h15-17,19H,4-14H2,1-3H3. The molecule has 2 nitrogen and oxygen atoms in total. The summed E-state index contributed by atoms with van der Waals surface area (Å²) in [5.74, 6) is 1.76. The Morgan fingerprint density at radius 2 is 1.80 bits per heavy atom. The van der Waals surface area contributed by atoms with Gasteiger partial charge in [0.1, 0.15) is 0 Å². The van der Waals surface area contributed by atoms with E-state index in [0.717, 1.165) is 11.8 Å². The first-order valence-corrected chi connectivity index (χ1v) is 8.98. The molecule has 0 saturated heterocycles. The Hall–Kier alpha value is -0.0800.